The molecule has 4 rings (SSSR count). The summed E-state index contributed by atoms with van der Waals surface area (Å²) in [6.07, 6.45) is 5.06. The second-order valence-corrected chi connectivity index (χ2v) is 11.0. The summed E-state index contributed by atoms with van der Waals surface area (Å²) in [4.78, 5) is 12.8. The van der Waals surface area contributed by atoms with Crippen LogP contribution in [-0.2, 0) is 22.7 Å². The van der Waals surface area contributed by atoms with E-state index in [9.17, 15) is 4.79 Å². The predicted octanol–water partition coefficient (Wildman–Crippen LogP) is 6.81. The third-order valence-corrected chi connectivity index (χ3v) is 7.94. The van der Waals surface area contributed by atoms with Crippen LogP contribution in [-0.4, -0.2) is 32.6 Å². The van der Waals surface area contributed by atoms with E-state index in [2.05, 4.69) is 49.7 Å². The maximum Gasteiger partial charge on any atom is 0.316 e. The molecule has 6 nitrogen and oxygen atoms in total. The lowest BCUT2D eigenvalue weighted by Crippen LogP contribution is -2.36. The smallest absolute Gasteiger partial charge is 0.316 e. The third-order valence-electron chi connectivity index (χ3n) is 7.00. The number of thioether (sulfide) groups is 1. The number of esters is 1. The van der Waals surface area contributed by atoms with Crippen LogP contribution in [0.1, 0.15) is 45.9 Å². The second kappa shape index (κ2) is 13.0. The van der Waals surface area contributed by atoms with Gasteiger partial charge in [-0.25, -0.2) is 0 Å². The lowest BCUT2D eigenvalue weighted by atomic mass is 9.75. The number of carbonyl (C=O) groups is 1. The number of ether oxygens (including phenoxy) is 2. The van der Waals surface area contributed by atoms with Gasteiger partial charge in [-0.1, -0.05) is 93.6 Å². The first-order chi connectivity index (χ1) is 18.0. The highest BCUT2D eigenvalue weighted by atomic mass is 32.2. The average molecular weight is 520 g/mol. The van der Waals surface area contributed by atoms with Crippen LogP contribution in [0, 0.1) is 17.8 Å². The molecule has 2 aromatic carbocycles. The zero-order valence-corrected chi connectivity index (χ0v) is 22.8. The number of aromatic nitrogens is 3. The molecule has 0 spiro atoms. The first-order valence-corrected chi connectivity index (χ1v) is 14.1. The minimum atomic E-state index is -0.197. The summed E-state index contributed by atoms with van der Waals surface area (Å²) in [6, 6.07) is 18.1. The van der Waals surface area contributed by atoms with E-state index in [-0.39, 0.29) is 24.4 Å². The fraction of sp³-hybridized carbons (Fsp3) is 0.433. The van der Waals surface area contributed by atoms with Crippen LogP contribution in [0.15, 0.2) is 72.4 Å². The lowest BCUT2D eigenvalue weighted by molar-refractivity contribution is -0.152. The van der Waals surface area contributed by atoms with E-state index in [0.717, 1.165) is 29.7 Å². The molecule has 1 saturated carbocycles. The van der Waals surface area contributed by atoms with E-state index < -0.39 is 0 Å². The fourth-order valence-corrected chi connectivity index (χ4v) is 5.76. The minimum absolute atomic E-state index is 0.00320. The van der Waals surface area contributed by atoms with Gasteiger partial charge in [0, 0.05) is 12.1 Å². The molecule has 0 radical (unpaired) electrons. The first-order valence-electron chi connectivity index (χ1n) is 13.1. The first kappa shape index (κ1) is 27.0. The Bertz CT molecular complexity index is 1180. The Morgan fingerprint density at radius 1 is 1.14 bits per heavy atom. The summed E-state index contributed by atoms with van der Waals surface area (Å²) in [5.41, 5.74) is 2.11. The summed E-state index contributed by atoms with van der Waals surface area (Å²) in [5, 5.41) is 9.36. The van der Waals surface area contributed by atoms with Crippen molar-refractivity contribution in [3.8, 4) is 16.9 Å². The predicted molar refractivity (Wildman–Crippen MR) is 148 cm³/mol. The van der Waals surface area contributed by atoms with Gasteiger partial charge in [0.25, 0.3) is 0 Å². The summed E-state index contributed by atoms with van der Waals surface area (Å²) in [7, 11) is 0. The van der Waals surface area contributed by atoms with Crippen LogP contribution < -0.4 is 4.74 Å². The Kier molecular flexibility index (Phi) is 9.45. The molecule has 1 aliphatic rings. The fourth-order valence-electron chi connectivity index (χ4n) is 5.01. The molecule has 1 fully saturated rings. The Hall–Kier alpha value is -3.06. The number of carbonyl (C=O) groups excluding carboxylic acids is 1. The molecule has 196 valence electrons. The zero-order chi connectivity index (χ0) is 26.2. The number of allylic oxidation sites excluding steroid dienone is 1. The van der Waals surface area contributed by atoms with E-state index in [0.29, 0.717) is 35.3 Å². The van der Waals surface area contributed by atoms with Crippen LogP contribution in [0.5, 0.6) is 5.75 Å². The van der Waals surface area contributed by atoms with Gasteiger partial charge in [0.1, 0.15) is 18.5 Å². The number of rotatable bonds is 11. The van der Waals surface area contributed by atoms with Crippen LogP contribution >= 0.6 is 11.8 Å². The molecule has 37 heavy (non-hydrogen) atoms. The van der Waals surface area contributed by atoms with Crippen molar-refractivity contribution < 1.29 is 14.3 Å². The summed E-state index contributed by atoms with van der Waals surface area (Å²) < 4.78 is 14.1. The molecule has 1 aliphatic carbocycles. The quantitative estimate of drug-likeness (QED) is 0.158. The van der Waals surface area contributed by atoms with Crippen molar-refractivity contribution in [1.29, 1.82) is 0 Å². The van der Waals surface area contributed by atoms with Gasteiger partial charge >= 0.3 is 5.97 Å². The molecule has 0 amide bonds. The van der Waals surface area contributed by atoms with Crippen molar-refractivity contribution in [2.45, 2.75) is 64.4 Å². The van der Waals surface area contributed by atoms with Crippen molar-refractivity contribution in [2.24, 2.45) is 17.8 Å². The summed E-state index contributed by atoms with van der Waals surface area (Å²) in [6.45, 7) is 11.3. The number of nitrogens with zero attached hydrogens (tertiary/aromatic N) is 3. The number of benzene rings is 2. The second-order valence-electron chi connectivity index (χ2n) is 10.1. The lowest BCUT2D eigenvalue weighted by Gasteiger charge is -2.36. The molecule has 0 unspecified atom stereocenters. The SMILES string of the molecule is C=CCn1c(COc2ccccc2-c2ccccc2)nnc1SCC(=O)O[C@@H]1C[C@H](C)CC[C@H]1C(C)C. The van der Waals surface area contributed by atoms with Crippen molar-refractivity contribution in [3.63, 3.8) is 0 Å². The van der Waals surface area contributed by atoms with Crippen molar-refractivity contribution in [3.05, 3.63) is 73.1 Å². The van der Waals surface area contributed by atoms with Crippen LogP contribution in [0.25, 0.3) is 11.1 Å². The van der Waals surface area contributed by atoms with Crippen LogP contribution in [0.2, 0.25) is 0 Å². The van der Waals surface area contributed by atoms with Gasteiger partial charge in [-0.3, -0.25) is 9.36 Å². The Labute approximate surface area is 224 Å². The number of para-hydroxylation sites is 1. The topological polar surface area (TPSA) is 66.2 Å². The van der Waals surface area contributed by atoms with Crippen LogP contribution in [0.3, 0.4) is 0 Å². The highest BCUT2D eigenvalue weighted by Crippen LogP contribution is 2.36. The van der Waals surface area contributed by atoms with Gasteiger partial charge in [-0.05, 0) is 42.2 Å². The number of hydrogen-bond acceptors (Lipinski definition) is 6. The molecule has 1 aromatic heterocycles. The molecule has 0 aliphatic heterocycles. The Morgan fingerprint density at radius 3 is 2.65 bits per heavy atom. The maximum atomic E-state index is 12.8. The van der Waals surface area contributed by atoms with Crippen molar-refractivity contribution >= 4 is 17.7 Å². The van der Waals surface area contributed by atoms with Gasteiger partial charge < -0.3 is 9.47 Å². The molecular weight excluding hydrogens is 482 g/mol. The van der Waals surface area contributed by atoms with Gasteiger partial charge in [0.2, 0.25) is 0 Å². The van der Waals surface area contributed by atoms with Gasteiger partial charge in [0.15, 0.2) is 11.0 Å². The molecule has 3 aromatic rings. The normalized spacial score (nSPS) is 19.5. The van der Waals surface area contributed by atoms with E-state index in [1.807, 2.05) is 47.0 Å². The Morgan fingerprint density at radius 2 is 1.89 bits per heavy atom. The van der Waals surface area contributed by atoms with E-state index >= 15 is 0 Å². The molecule has 0 saturated heterocycles. The van der Waals surface area contributed by atoms with Gasteiger partial charge in [0.05, 0.1) is 5.75 Å². The van der Waals surface area contributed by atoms with Crippen LogP contribution in [0.4, 0.5) is 0 Å². The third kappa shape index (κ3) is 7.04. The summed E-state index contributed by atoms with van der Waals surface area (Å²) in [5.74, 6) is 2.98. The summed E-state index contributed by atoms with van der Waals surface area (Å²) >= 11 is 1.35. The minimum Gasteiger partial charge on any atom is -0.485 e. The largest absolute Gasteiger partial charge is 0.485 e. The highest BCUT2D eigenvalue weighted by molar-refractivity contribution is 7.99. The molecule has 0 N–H and O–H groups in total. The van der Waals surface area contributed by atoms with E-state index in [1.165, 1.54) is 18.2 Å². The standard InChI is InChI=1S/C30H37N3O3S/c1-5-17-33-28(19-35-26-14-10-9-13-25(26)23-11-7-6-8-12-23)31-32-30(33)37-20-29(34)36-27-18-22(4)15-16-24(27)21(2)3/h5-14,21-22,24,27H,1,15-20H2,2-4H3/t22-,24+,27-/m1/s1. The molecule has 3 atom stereocenters. The number of hydrogen-bond donors (Lipinski definition) is 0. The molecule has 1 heterocycles. The van der Waals surface area contributed by atoms with E-state index in [1.54, 1.807) is 6.08 Å². The Balaban J connectivity index is 1.40. The monoisotopic (exact) mass is 519 g/mol. The molecule has 7 heteroatoms. The maximum absolute atomic E-state index is 12.8. The average Bonchev–Trinajstić information content (AvgIpc) is 3.28. The van der Waals surface area contributed by atoms with Gasteiger partial charge in [-0.15, -0.1) is 16.8 Å². The van der Waals surface area contributed by atoms with E-state index in [4.69, 9.17) is 9.47 Å². The molecular formula is C30H37N3O3S. The highest BCUT2D eigenvalue weighted by Gasteiger charge is 2.33. The zero-order valence-electron chi connectivity index (χ0n) is 22.0. The van der Waals surface area contributed by atoms with Gasteiger partial charge in [-0.2, -0.15) is 0 Å². The molecule has 0 bridgehead atoms. The van der Waals surface area contributed by atoms with Crippen molar-refractivity contribution in [1.82, 2.24) is 14.8 Å². The van der Waals surface area contributed by atoms with Crippen molar-refractivity contribution in [2.75, 3.05) is 5.75 Å².